The van der Waals surface area contributed by atoms with Gasteiger partial charge in [-0.05, 0) is 76.6 Å². The lowest BCUT2D eigenvalue weighted by Crippen LogP contribution is -2.47. The van der Waals surface area contributed by atoms with Gasteiger partial charge >= 0.3 is 0 Å². The van der Waals surface area contributed by atoms with E-state index in [0.717, 1.165) is 25.2 Å². The fraction of sp³-hybridized carbons (Fsp3) is 0.609. The van der Waals surface area contributed by atoms with Crippen LogP contribution in [0.2, 0.25) is 0 Å². The number of nitrogens with one attached hydrogen (secondary N) is 2. The average molecular weight is 434 g/mol. The summed E-state index contributed by atoms with van der Waals surface area (Å²) in [4.78, 5) is 15.0. The summed E-state index contributed by atoms with van der Waals surface area (Å²) in [7, 11) is -3.37. The number of benzene rings is 1. The molecule has 0 atom stereocenters. The van der Waals surface area contributed by atoms with Gasteiger partial charge in [-0.15, -0.1) is 0 Å². The summed E-state index contributed by atoms with van der Waals surface area (Å²) in [5, 5.41) is 3.03. The first-order chi connectivity index (χ1) is 14.2. The monoisotopic (exact) mass is 433 g/mol. The minimum Gasteiger partial charge on any atom is -0.367 e. The lowest BCUT2D eigenvalue weighted by atomic mass is 9.86. The molecule has 3 rings (SSSR count). The number of carbonyl (C=O) groups is 1. The molecule has 1 aromatic carbocycles. The summed E-state index contributed by atoms with van der Waals surface area (Å²) in [6.07, 6.45) is 8.79. The SMILES string of the molecule is CCC(C)(C)S(=O)(=O)NC1CCC(C(=O)Nc2ccc(N3CC=CCC3)cc2)CC1. The number of anilines is 2. The van der Waals surface area contributed by atoms with E-state index in [2.05, 4.69) is 39.2 Å². The molecule has 1 fully saturated rings. The maximum Gasteiger partial charge on any atom is 0.227 e. The van der Waals surface area contributed by atoms with Crippen molar-refractivity contribution < 1.29 is 13.2 Å². The zero-order valence-corrected chi connectivity index (χ0v) is 19.2. The second-order valence-corrected chi connectivity index (χ2v) is 11.4. The maximum atomic E-state index is 12.7. The fourth-order valence-corrected chi connectivity index (χ4v) is 5.29. The Bertz CT molecular complexity index is 854. The van der Waals surface area contributed by atoms with Crippen molar-refractivity contribution in [3.8, 4) is 0 Å². The van der Waals surface area contributed by atoms with Gasteiger partial charge in [-0.2, -0.15) is 0 Å². The summed E-state index contributed by atoms with van der Waals surface area (Å²) in [6.45, 7) is 7.33. The molecule has 1 heterocycles. The summed E-state index contributed by atoms with van der Waals surface area (Å²) in [6, 6.07) is 7.94. The number of nitrogens with zero attached hydrogens (tertiary/aromatic N) is 1. The van der Waals surface area contributed by atoms with Crippen LogP contribution in [0.1, 0.15) is 59.3 Å². The Morgan fingerprint density at radius 2 is 1.77 bits per heavy atom. The first-order valence-electron chi connectivity index (χ1n) is 11.0. The predicted molar refractivity (Wildman–Crippen MR) is 123 cm³/mol. The molecular formula is C23H35N3O3S. The Kier molecular flexibility index (Phi) is 7.24. The number of carbonyl (C=O) groups excluding carboxylic acids is 1. The Hall–Kier alpha value is -1.86. The van der Waals surface area contributed by atoms with Gasteiger partial charge in [0.25, 0.3) is 0 Å². The number of sulfonamides is 1. The van der Waals surface area contributed by atoms with Gasteiger partial charge in [0.1, 0.15) is 0 Å². The van der Waals surface area contributed by atoms with Gasteiger partial charge in [0.15, 0.2) is 0 Å². The molecule has 1 aliphatic carbocycles. The zero-order chi connectivity index (χ0) is 21.8. The lowest BCUT2D eigenvalue weighted by Gasteiger charge is -2.31. The Labute approximate surface area is 181 Å². The molecule has 1 amide bonds. The van der Waals surface area contributed by atoms with E-state index in [9.17, 15) is 13.2 Å². The molecule has 1 saturated carbocycles. The summed E-state index contributed by atoms with van der Waals surface area (Å²) in [5.41, 5.74) is 1.98. The fourth-order valence-electron chi connectivity index (χ4n) is 3.92. The van der Waals surface area contributed by atoms with Gasteiger partial charge in [0.2, 0.25) is 15.9 Å². The third kappa shape index (κ3) is 5.43. The predicted octanol–water partition coefficient (Wildman–Crippen LogP) is 4.06. The van der Waals surface area contributed by atoms with Gasteiger partial charge in [-0.25, -0.2) is 13.1 Å². The van der Waals surface area contributed by atoms with Crippen molar-refractivity contribution in [3.63, 3.8) is 0 Å². The van der Waals surface area contributed by atoms with Crippen LogP contribution < -0.4 is 14.9 Å². The normalized spacial score (nSPS) is 22.7. The highest BCUT2D eigenvalue weighted by atomic mass is 32.2. The van der Waals surface area contributed by atoms with Crippen LogP contribution >= 0.6 is 0 Å². The lowest BCUT2D eigenvalue weighted by molar-refractivity contribution is -0.120. The molecule has 0 spiro atoms. The van der Waals surface area contributed by atoms with Crippen molar-refractivity contribution in [3.05, 3.63) is 36.4 Å². The third-order valence-electron chi connectivity index (χ3n) is 6.56. The summed E-state index contributed by atoms with van der Waals surface area (Å²) in [5.74, 6) is -0.0456. The van der Waals surface area contributed by atoms with E-state index in [1.165, 1.54) is 5.69 Å². The highest BCUT2D eigenvalue weighted by Crippen LogP contribution is 2.28. The molecule has 2 aliphatic rings. The first-order valence-corrected chi connectivity index (χ1v) is 12.5. The number of rotatable bonds is 7. The van der Waals surface area contributed by atoms with E-state index >= 15 is 0 Å². The van der Waals surface area contributed by atoms with Gasteiger partial charge < -0.3 is 10.2 Å². The van der Waals surface area contributed by atoms with E-state index in [1.807, 2.05) is 19.1 Å². The maximum absolute atomic E-state index is 12.7. The van der Waals surface area contributed by atoms with E-state index in [-0.39, 0.29) is 17.9 Å². The Balaban J connectivity index is 1.49. The van der Waals surface area contributed by atoms with Crippen molar-refractivity contribution >= 4 is 27.3 Å². The second-order valence-electron chi connectivity index (χ2n) is 9.03. The van der Waals surface area contributed by atoms with Crippen LogP contribution in [-0.2, 0) is 14.8 Å². The van der Waals surface area contributed by atoms with E-state index < -0.39 is 14.8 Å². The molecular weight excluding hydrogens is 398 g/mol. The van der Waals surface area contributed by atoms with Crippen LogP contribution in [0.5, 0.6) is 0 Å². The topological polar surface area (TPSA) is 78.5 Å². The average Bonchev–Trinajstić information content (AvgIpc) is 2.75. The van der Waals surface area contributed by atoms with Crippen molar-refractivity contribution in [2.45, 2.75) is 70.1 Å². The highest BCUT2D eigenvalue weighted by molar-refractivity contribution is 7.90. The molecule has 0 unspecified atom stereocenters. The van der Waals surface area contributed by atoms with Crippen LogP contribution in [0.15, 0.2) is 36.4 Å². The molecule has 2 N–H and O–H groups in total. The molecule has 0 saturated heterocycles. The molecule has 0 radical (unpaired) electrons. The van der Waals surface area contributed by atoms with E-state index in [1.54, 1.807) is 13.8 Å². The van der Waals surface area contributed by atoms with Gasteiger partial charge in [0, 0.05) is 36.4 Å². The molecule has 166 valence electrons. The largest absolute Gasteiger partial charge is 0.367 e. The second kappa shape index (κ2) is 9.52. The Morgan fingerprint density at radius 1 is 1.10 bits per heavy atom. The number of hydrogen-bond acceptors (Lipinski definition) is 4. The molecule has 7 heteroatoms. The van der Waals surface area contributed by atoms with E-state index in [4.69, 9.17) is 0 Å². The molecule has 0 bridgehead atoms. The quantitative estimate of drug-likeness (QED) is 0.636. The molecule has 0 aromatic heterocycles. The van der Waals surface area contributed by atoms with Crippen LogP contribution in [-0.4, -0.2) is 38.2 Å². The molecule has 1 aliphatic heterocycles. The summed E-state index contributed by atoms with van der Waals surface area (Å²) < 4.78 is 27.2. The zero-order valence-electron chi connectivity index (χ0n) is 18.4. The van der Waals surface area contributed by atoms with Crippen molar-refractivity contribution in [1.29, 1.82) is 0 Å². The minimum absolute atomic E-state index is 0.0267. The van der Waals surface area contributed by atoms with Crippen molar-refractivity contribution in [2.24, 2.45) is 5.92 Å². The molecule has 1 aromatic rings. The number of hydrogen-bond donors (Lipinski definition) is 2. The van der Waals surface area contributed by atoms with Crippen molar-refractivity contribution in [1.82, 2.24) is 4.72 Å². The first kappa shape index (κ1) is 22.8. The van der Waals surface area contributed by atoms with Crippen molar-refractivity contribution in [2.75, 3.05) is 23.3 Å². The van der Waals surface area contributed by atoms with Crippen LogP contribution in [0.4, 0.5) is 11.4 Å². The van der Waals surface area contributed by atoms with Gasteiger partial charge in [0.05, 0.1) is 4.75 Å². The minimum atomic E-state index is -3.37. The number of amides is 1. The van der Waals surface area contributed by atoms with Crippen LogP contribution in [0.25, 0.3) is 0 Å². The molecule has 6 nitrogen and oxygen atoms in total. The smallest absolute Gasteiger partial charge is 0.227 e. The van der Waals surface area contributed by atoms with Crippen LogP contribution in [0, 0.1) is 5.92 Å². The van der Waals surface area contributed by atoms with Gasteiger partial charge in [-0.1, -0.05) is 19.1 Å². The van der Waals surface area contributed by atoms with E-state index in [0.29, 0.717) is 32.1 Å². The van der Waals surface area contributed by atoms with Crippen LogP contribution in [0.3, 0.4) is 0 Å². The summed E-state index contributed by atoms with van der Waals surface area (Å²) >= 11 is 0. The van der Waals surface area contributed by atoms with Gasteiger partial charge in [-0.3, -0.25) is 4.79 Å². The third-order valence-corrected chi connectivity index (χ3v) is 8.94. The highest BCUT2D eigenvalue weighted by Gasteiger charge is 2.36. The molecule has 30 heavy (non-hydrogen) atoms. The standard InChI is InChI=1S/C23H35N3O3S/c1-4-23(2,3)30(28,29)25-20-10-8-18(9-11-20)22(27)24-19-12-14-21(15-13-19)26-16-6-5-7-17-26/h5-6,12-15,18,20,25H,4,7-11,16-17H2,1-3H3,(H,24,27). The Morgan fingerprint density at radius 3 is 2.33 bits per heavy atom.